The van der Waals surface area contributed by atoms with E-state index in [1.54, 1.807) is 49.4 Å². The Morgan fingerprint density at radius 3 is 2.39 bits per heavy atom. The van der Waals surface area contributed by atoms with E-state index < -0.39 is 27.5 Å². The summed E-state index contributed by atoms with van der Waals surface area (Å²) in [7, 11) is -0.613. The van der Waals surface area contributed by atoms with Gasteiger partial charge in [0.25, 0.3) is 0 Å². The maximum absolute atomic E-state index is 12.3. The molecule has 0 fully saturated rings. The van der Waals surface area contributed by atoms with Crippen LogP contribution in [0.4, 0.5) is 0 Å². The molecule has 2 rings (SSSR count). The molecule has 0 aliphatic carbocycles. The van der Waals surface area contributed by atoms with E-state index in [0.29, 0.717) is 28.2 Å². The smallest absolute Gasteiger partial charge is 0.235 e. The molecule has 1 amide bonds. The maximum atomic E-state index is 12.3. The molecule has 0 aliphatic heterocycles. The first kappa shape index (κ1) is 21.3. The van der Waals surface area contributed by atoms with Crippen molar-refractivity contribution >= 4 is 15.7 Å². The number of nitrogens with one attached hydrogen (secondary N) is 1. The van der Waals surface area contributed by atoms with Crippen molar-refractivity contribution in [1.29, 1.82) is 5.26 Å². The van der Waals surface area contributed by atoms with Gasteiger partial charge in [-0.2, -0.15) is 5.26 Å². The Balaban J connectivity index is 2.05. The molecule has 0 saturated heterocycles. The number of ether oxygens (including phenoxy) is 2. The van der Waals surface area contributed by atoms with Crippen LogP contribution in [0.1, 0.15) is 29.7 Å². The number of carbonyl (C=O) groups is 1. The summed E-state index contributed by atoms with van der Waals surface area (Å²) in [5.41, 5.74) is 1.65. The predicted molar refractivity (Wildman–Crippen MR) is 105 cm³/mol. The van der Waals surface area contributed by atoms with Gasteiger partial charge >= 0.3 is 0 Å². The molecule has 0 aliphatic rings. The van der Waals surface area contributed by atoms with Gasteiger partial charge in [0.2, 0.25) is 5.91 Å². The van der Waals surface area contributed by atoms with E-state index >= 15 is 0 Å². The van der Waals surface area contributed by atoms with Crippen molar-refractivity contribution in [1.82, 2.24) is 5.32 Å². The second kappa shape index (κ2) is 9.24. The van der Waals surface area contributed by atoms with Crippen LogP contribution in [0.2, 0.25) is 0 Å². The molecule has 148 valence electrons. The number of rotatable bonds is 8. The molecule has 0 unspecified atom stereocenters. The van der Waals surface area contributed by atoms with Crippen molar-refractivity contribution in [3.63, 3.8) is 0 Å². The number of amides is 1. The van der Waals surface area contributed by atoms with Crippen molar-refractivity contribution in [3.8, 4) is 17.6 Å². The lowest BCUT2D eigenvalue weighted by Crippen LogP contribution is -2.33. The highest BCUT2D eigenvalue weighted by molar-refractivity contribution is 7.91. The highest BCUT2D eigenvalue weighted by atomic mass is 32.2. The van der Waals surface area contributed by atoms with Gasteiger partial charge in [-0.3, -0.25) is 4.79 Å². The van der Waals surface area contributed by atoms with E-state index in [1.165, 1.54) is 14.2 Å². The molecule has 0 aromatic heterocycles. The molecule has 0 radical (unpaired) electrons. The Bertz CT molecular complexity index is 979. The van der Waals surface area contributed by atoms with E-state index in [-0.39, 0.29) is 5.75 Å². The van der Waals surface area contributed by atoms with Crippen LogP contribution in [0.3, 0.4) is 0 Å². The van der Waals surface area contributed by atoms with E-state index in [4.69, 9.17) is 14.7 Å². The molecule has 0 saturated carbocycles. The summed E-state index contributed by atoms with van der Waals surface area (Å²) < 4.78 is 35.2. The lowest BCUT2D eigenvalue weighted by molar-refractivity contribution is -0.119. The molecule has 1 atom stereocenters. The summed E-state index contributed by atoms with van der Waals surface area (Å²) in [6, 6.07) is 12.9. The standard InChI is InChI=1S/C20H22N2O5S/c1-14(18-10-17(26-2)8-9-19(18)27-3)22-20(23)13-28(24,25)12-16-6-4-15(11-21)5-7-16/h4-10,14H,12-13H2,1-3H3,(H,22,23)/t14-/m0/s1. The number of nitriles is 1. The highest BCUT2D eigenvalue weighted by Crippen LogP contribution is 2.29. The molecular formula is C20H22N2O5S. The van der Waals surface area contributed by atoms with Gasteiger partial charge in [-0.25, -0.2) is 8.42 Å². The molecule has 2 aromatic carbocycles. The molecule has 2 aromatic rings. The zero-order valence-electron chi connectivity index (χ0n) is 15.9. The second-order valence-corrected chi connectivity index (χ2v) is 8.30. The van der Waals surface area contributed by atoms with Crippen LogP contribution in [-0.2, 0) is 20.4 Å². The Hall–Kier alpha value is -3.05. The van der Waals surface area contributed by atoms with Crippen LogP contribution in [0.5, 0.6) is 11.5 Å². The maximum Gasteiger partial charge on any atom is 0.235 e. The molecule has 0 spiro atoms. The Morgan fingerprint density at radius 1 is 1.14 bits per heavy atom. The first-order valence-corrected chi connectivity index (χ1v) is 10.3. The molecule has 28 heavy (non-hydrogen) atoms. The summed E-state index contributed by atoms with van der Waals surface area (Å²) in [6.07, 6.45) is 0. The third-order valence-electron chi connectivity index (χ3n) is 4.10. The Kier molecular flexibility index (Phi) is 7.01. The van der Waals surface area contributed by atoms with E-state index in [1.807, 2.05) is 6.07 Å². The molecule has 7 nitrogen and oxygen atoms in total. The normalized spacial score (nSPS) is 11.9. The zero-order valence-corrected chi connectivity index (χ0v) is 16.7. The lowest BCUT2D eigenvalue weighted by atomic mass is 10.1. The number of hydrogen-bond donors (Lipinski definition) is 1. The summed E-state index contributed by atoms with van der Waals surface area (Å²) in [4.78, 5) is 12.3. The SMILES string of the molecule is COc1ccc(OC)c([C@H](C)NC(=O)CS(=O)(=O)Cc2ccc(C#N)cc2)c1. The van der Waals surface area contributed by atoms with Gasteiger partial charge in [-0.15, -0.1) is 0 Å². The second-order valence-electron chi connectivity index (χ2n) is 6.24. The Labute approximate surface area is 164 Å². The minimum Gasteiger partial charge on any atom is -0.497 e. The van der Waals surface area contributed by atoms with Crippen LogP contribution < -0.4 is 14.8 Å². The number of carbonyl (C=O) groups excluding carboxylic acids is 1. The highest BCUT2D eigenvalue weighted by Gasteiger charge is 2.21. The third kappa shape index (κ3) is 5.72. The molecule has 0 bridgehead atoms. The van der Waals surface area contributed by atoms with Crippen molar-refractivity contribution in [3.05, 3.63) is 59.2 Å². The largest absolute Gasteiger partial charge is 0.497 e. The summed E-state index contributed by atoms with van der Waals surface area (Å²) >= 11 is 0. The fourth-order valence-corrected chi connectivity index (χ4v) is 4.00. The molecule has 1 N–H and O–H groups in total. The summed E-state index contributed by atoms with van der Waals surface area (Å²) in [6.45, 7) is 1.74. The van der Waals surface area contributed by atoms with Crippen molar-refractivity contribution in [2.75, 3.05) is 20.0 Å². The van der Waals surface area contributed by atoms with Gasteiger partial charge in [0.1, 0.15) is 17.3 Å². The predicted octanol–water partition coefficient (Wildman–Crippen LogP) is 2.37. The van der Waals surface area contributed by atoms with Gasteiger partial charge in [-0.1, -0.05) is 12.1 Å². The third-order valence-corrected chi connectivity index (χ3v) is 5.58. The van der Waals surface area contributed by atoms with Gasteiger partial charge in [-0.05, 0) is 42.8 Å². The first-order chi connectivity index (χ1) is 13.3. The molecular weight excluding hydrogens is 380 g/mol. The van der Waals surface area contributed by atoms with E-state index in [2.05, 4.69) is 5.32 Å². The van der Waals surface area contributed by atoms with Gasteiger partial charge < -0.3 is 14.8 Å². The topological polar surface area (TPSA) is 105 Å². The van der Waals surface area contributed by atoms with E-state index in [9.17, 15) is 13.2 Å². The first-order valence-electron chi connectivity index (χ1n) is 8.48. The average Bonchev–Trinajstić information content (AvgIpc) is 2.67. The number of nitrogens with zero attached hydrogens (tertiary/aromatic N) is 1. The number of sulfone groups is 1. The van der Waals surface area contributed by atoms with Gasteiger partial charge in [0.15, 0.2) is 9.84 Å². The quantitative estimate of drug-likeness (QED) is 0.727. The fourth-order valence-electron chi connectivity index (χ4n) is 2.72. The summed E-state index contributed by atoms with van der Waals surface area (Å²) in [5.74, 6) is -0.350. The van der Waals surface area contributed by atoms with E-state index in [0.717, 1.165) is 0 Å². The fraction of sp³-hybridized carbons (Fsp3) is 0.300. The van der Waals surface area contributed by atoms with Crippen LogP contribution in [-0.4, -0.2) is 34.3 Å². The van der Waals surface area contributed by atoms with Crippen LogP contribution in [0.25, 0.3) is 0 Å². The van der Waals surface area contributed by atoms with Crippen LogP contribution >= 0.6 is 0 Å². The number of benzene rings is 2. The van der Waals surface area contributed by atoms with Gasteiger partial charge in [0.05, 0.1) is 37.6 Å². The average molecular weight is 402 g/mol. The summed E-state index contributed by atoms with van der Waals surface area (Å²) in [5, 5.41) is 11.5. The van der Waals surface area contributed by atoms with Crippen LogP contribution in [0.15, 0.2) is 42.5 Å². The lowest BCUT2D eigenvalue weighted by Gasteiger charge is -2.18. The Morgan fingerprint density at radius 2 is 1.82 bits per heavy atom. The molecule has 0 heterocycles. The monoisotopic (exact) mass is 402 g/mol. The number of methoxy groups -OCH3 is 2. The molecule has 8 heteroatoms. The minimum absolute atomic E-state index is 0.275. The van der Waals surface area contributed by atoms with Crippen molar-refractivity contribution in [2.45, 2.75) is 18.7 Å². The van der Waals surface area contributed by atoms with Crippen molar-refractivity contribution in [2.24, 2.45) is 0 Å². The van der Waals surface area contributed by atoms with Crippen molar-refractivity contribution < 1.29 is 22.7 Å². The van der Waals surface area contributed by atoms with Gasteiger partial charge in [0, 0.05) is 5.56 Å². The minimum atomic E-state index is -3.66. The number of hydrogen-bond acceptors (Lipinski definition) is 6. The van der Waals surface area contributed by atoms with Crippen LogP contribution in [0, 0.1) is 11.3 Å². The zero-order chi connectivity index (χ0) is 20.7.